The number of hydrogen-bond acceptors (Lipinski definition) is 30. The molecule has 5 amide bonds. The van der Waals surface area contributed by atoms with E-state index in [9.17, 15) is 74.5 Å². The van der Waals surface area contributed by atoms with Crippen LogP contribution in [0.15, 0.2) is 24.3 Å². The van der Waals surface area contributed by atoms with Crippen LogP contribution in [-0.2, 0) is 101 Å². The summed E-state index contributed by atoms with van der Waals surface area (Å²) >= 11 is 0. The van der Waals surface area contributed by atoms with Gasteiger partial charge in [-0.25, -0.2) is 4.57 Å². The average Bonchev–Trinajstić information content (AvgIpc) is 1.07. The number of aliphatic hydroxyl groups is 9. The minimum Gasteiger partial charge on any atom is -0.404 e. The molecule has 37 nitrogen and oxygen atoms in total. The van der Waals surface area contributed by atoms with E-state index in [4.69, 9.17) is 76.1 Å². The van der Waals surface area contributed by atoms with Gasteiger partial charge < -0.3 is 143 Å². The Bertz CT molecular complexity index is 2220. The molecule has 3 saturated heterocycles. The number of nitrogens with one attached hydrogen (secondary N) is 5. The molecule has 3 fully saturated rings. The van der Waals surface area contributed by atoms with E-state index in [2.05, 4.69) is 31.1 Å². The maximum atomic E-state index is 13.7. The van der Waals surface area contributed by atoms with E-state index in [1.165, 1.54) is 12.1 Å². The summed E-state index contributed by atoms with van der Waals surface area (Å²) in [4.78, 5) is 82.7. The number of amides is 5. The zero-order valence-electron chi connectivity index (χ0n) is 54.4. The van der Waals surface area contributed by atoms with Crippen molar-refractivity contribution in [1.82, 2.24) is 26.6 Å². The fourth-order valence-corrected chi connectivity index (χ4v) is 9.83. The van der Waals surface area contributed by atoms with E-state index < -0.39 is 131 Å². The first-order valence-electron chi connectivity index (χ1n) is 32.2. The summed E-state index contributed by atoms with van der Waals surface area (Å²) < 4.78 is 94.3. The molecule has 16 N–H and O–H groups in total. The highest BCUT2D eigenvalue weighted by atomic mass is 31.2. The van der Waals surface area contributed by atoms with Gasteiger partial charge in [-0.15, -0.1) is 0 Å². The predicted octanol–water partition coefficient (Wildman–Crippen LogP) is -6.36. The third kappa shape index (κ3) is 37.2. The minimum atomic E-state index is -4.70. The Hall–Kier alpha value is -4.40. The summed E-state index contributed by atoms with van der Waals surface area (Å²) in [5, 5.41) is 102. The van der Waals surface area contributed by atoms with Gasteiger partial charge in [0.25, 0.3) is 0 Å². The van der Waals surface area contributed by atoms with Gasteiger partial charge in [0.1, 0.15) is 47.9 Å². The molecule has 0 spiro atoms. The summed E-state index contributed by atoms with van der Waals surface area (Å²) in [6.07, 6.45) is -12.8. The molecule has 1 aromatic rings. The van der Waals surface area contributed by atoms with Crippen molar-refractivity contribution in [2.75, 3.05) is 172 Å². The van der Waals surface area contributed by atoms with Gasteiger partial charge in [-0.2, -0.15) is 0 Å². The zero-order valence-corrected chi connectivity index (χ0v) is 55.3. The van der Waals surface area contributed by atoms with E-state index >= 15 is 0 Å². The largest absolute Gasteiger partial charge is 0.524 e. The Morgan fingerprint density at radius 3 is 1.07 bits per heavy atom. The van der Waals surface area contributed by atoms with Gasteiger partial charge in [-0.1, -0.05) is 12.1 Å². The smallest absolute Gasteiger partial charge is 0.404 e. The first kappa shape index (κ1) is 85.0. The summed E-state index contributed by atoms with van der Waals surface area (Å²) in [5.74, 6) is -2.01. The third-order valence-corrected chi connectivity index (χ3v) is 15.1. The van der Waals surface area contributed by atoms with Gasteiger partial charge in [-0.3, -0.25) is 33.8 Å². The number of rotatable bonds is 54. The number of phosphoric ester groups is 1. The lowest BCUT2D eigenvalue weighted by Gasteiger charge is -2.36. The van der Waals surface area contributed by atoms with Crippen LogP contribution >= 0.6 is 7.82 Å². The molecular weight excluding hydrogens is 1320 g/mol. The SMILES string of the molecule is O=C(CCOCC(COCCC(=O)NCCOCCOC1CC(O)C(O)C(CO)O1)(COCCC(=O)NCCOCCOC1CC(O)C(O)C(CO)O1)NC(=O)CCOCCOCCNC(=O)CCc1ccc(OP(=O)(O)O)cc1)NCCOCCOC1CC(O)C(O)C(CO)O1. The molecule has 560 valence electrons. The quantitative estimate of drug-likeness (QED) is 0.0213. The summed E-state index contributed by atoms with van der Waals surface area (Å²) in [6.45, 7) is -1.22. The second-order valence-electron chi connectivity index (χ2n) is 22.5. The molecule has 3 heterocycles. The molecule has 12 atom stereocenters. The Kier molecular flexibility index (Phi) is 43.1. The second kappa shape index (κ2) is 49.2. The van der Waals surface area contributed by atoms with Gasteiger partial charge in [-0.05, 0) is 24.1 Å². The molecule has 38 heteroatoms. The number of carbonyl (C=O) groups excluding carboxylic acids is 5. The molecule has 1 aromatic carbocycles. The molecule has 3 aliphatic heterocycles. The third-order valence-electron chi connectivity index (χ3n) is 14.6. The second-order valence-corrected chi connectivity index (χ2v) is 23.7. The molecule has 4 rings (SSSR count). The van der Waals surface area contributed by atoms with Crippen LogP contribution < -0.4 is 31.1 Å². The van der Waals surface area contributed by atoms with Gasteiger partial charge in [0.2, 0.25) is 29.5 Å². The molecule has 97 heavy (non-hydrogen) atoms. The fourth-order valence-electron chi connectivity index (χ4n) is 9.43. The van der Waals surface area contributed by atoms with Crippen molar-refractivity contribution in [2.24, 2.45) is 0 Å². The number of phosphoric acid groups is 1. The highest BCUT2D eigenvalue weighted by Gasteiger charge is 2.40. The number of benzene rings is 1. The lowest BCUT2D eigenvalue weighted by molar-refractivity contribution is -0.258. The minimum absolute atomic E-state index is 0.00461. The lowest BCUT2D eigenvalue weighted by Crippen LogP contribution is -2.59. The fraction of sp³-hybridized carbons (Fsp3) is 0.814. The van der Waals surface area contributed by atoms with Crippen molar-refractivity contribution < 1.29 is 155 Å². The van der Waals surface area contributed by atoms with Crippen LogP contribution in [0, 0.1) is 0 Å². The van der Waals surface area contributed by atoms with Crippen LogP contribution in [0.2, 0.25) is 0 Å². The first-order chi connectivity index (χ1) is 46.6. The summed E-state index contributed by atoms with van der Waals surface area (Å²) in [7, 11) is -4.70. The van der Waals surface area contributed by atoms with E-state index in [1.54, 1.807) is 12.1 Å². The maximum Gasteiger partial charge on any atom is 0.524 e. The van der Waals surface area contributed by atoms with E-state index in [1.807, 2.05) is 0 Å². The van der Waals surface area contributed by atoms with Crippen LogP contribution in [0.25, 0.3) is 0 Å². The molecule has 3 aliphatic rings. The standard InChI is InChI=1S/C59H102N5O32P/c65-34-45-56(76)42(68)31-53(93-45)90-28-25-84-20-12-61-49(72)7-16-87-37-59(38-88-17-8-50(73)62-13-21-85-26-29-91-54-32-43(69)57(77)46(35-66)94-54,39-89-18-9-51(74)63-14-22-86-27-30-92-55-33-44(70)58(78)47(36-67)95-55)64-52(75)10-15-82-23-24-83-19-11-60-48(71)6-3-40-1-4-41(5-2-40)96-97(79,80)81/h1-2,4-5,42-47,53-58,65-70,76-78H,3,6-39H2,(H,60,71)(H,61,72)(H,62,73)(H,63,74)(H,64,75)(H2,79,80,81). The van der Waals surface area contributed by atoms with Crippen molar-refractivity contribution >= 4 is 37.4 Å². The summed E-state index contributed by atoms with van der Waals surface area (Å²) in [6, 6.07) is 5.96. The molecule has 0 radical (unpaired) electrons. The molecule has 0 aromatic heterocycles. The van der Waals surface area contributed by atoms with Crippen LogP contribution in [0.4, 0.5) is 0 Å². The highest BCUT2D eigenvalue weighted by molar-refractivity contribution is 7.46. The van der Waals surface area contributed by atoms with E-state index in [0.29, 0.717) is 6.42 Å². The van der Waals surface area contributed by atoms with Crippen molar-refractivity contribution in [1.29, 1.82) is 0 Å². The summed E-state index contributed by atoms with van der Waals surface area (Å²) in [5.41, 5.74) is -0.736. The highest BCUT2D eigenvalue weighted by Crippen LogP contribution is 2.37. The molecule has 0 aliphatic carbocycles. The Morgan fingerprint density at radius 1 is 0.423 bits per heavy atom. The zero-order chi connectivity index (χ0) is 70.7. The number of aliphatic hydroxyl groups excluding tert-OH is 9. The molecule has 0 bridgehead atoms. The monoisotopic (exact) mass is 1420 g/mol. The number of ether oxygens (including phenoxy) is 14. The van der Waals surface area contributed by atoms with Crippen LogP contribution in [0.3, 0.4) is 0 Å². The van der Waals surface area contributed by atoms with Gasteiger partial charge >= 0.3 is 7.82 Å². The topological polar surface area (TPSA) is 524 Å². The van der Waals surface area contributed by atoms with Crippen molar-refractivity contribution in [2.45, 2.75) is 137 Å². The Balaban J connectivity index is 1.26. The number of carbonyl (C=O) groups is 5. The maximum absolute atomic E-state index is 13.7. The normalized spacial score (nSPS) is 24.2. The Labute approximate surface area is 561 Å². The van der Waals surface area contributed by atoms with Gasteiger partial charge in [0.05, 0.1) is 164 Å². The van der Waals surface area contributed by atoms with E-state index in [-0.39, 0.29) is 215 Å². The predicted molar refractivity (Wildman–Crippen MR) is 330 cm³/mol. The van der Waals surface area contributed by atoms with Crippen LogP contribution in [0.1, 0.15) is 56.9 Å². The molecular formula is C59H102N5O32P. The average molecular weight is 1420 g/mol. The van der Waals surface area contributed by atoms with E-state index in [0.717, 1.165) is 5.56 Å². The lowest BCUT2D eigenvalue weighted by atomic mass is 10.0. The van der Waals surface area contributed by atoms with Crippen LogP contribution in [-0.4, -0.2) is 336 Å². The molecule has 12 unspecified atom stereocenters. The van der Waals surface area contributed by atoms with Gasteiger partial charge in [0.15, 0.2) is 18.9 Å². The molecule has 0 saturated carbocycles. The Morgan fingerprint density at radius 2 is 0.732 bits per heavy atom. The first-order valence-corrected chi connectivity index (χ1v) is 33.7. The van der Waals surface area contributed by atoms with Crippen molar-refractivity contribution in [3.63, 3.8) is 0 Å². The van der Waals surface area contributed by atoms with Crippen LogP contribution in [0.5, 0.6) is 5.75 Å². The number of hydrogen-bond donors (Lipinski definition) is 16. The van der Waals surface area contributed by atoms with Gasteiger partial charge in [0, 0.05) is 77.5 Å². The van der Waals surface area contributed by atoms with Crippen molar-refractivity contribution in [3.05, 3.63) is 29.8 Å². The number of aryl methyl sites for hydroxylation is 1. The van der Waals surface area contributed by atoms with Crippen molar-refractivity contribution in [3.8, 4) is 5.75 Å².